The van der Waals surface area contributed by atoms with Crippen molar-refractivity contribution in [3.8, 4) is 5.75 Å². The molecule has 20 nitrogen and oxygen atoms in total. The maximum Gasteiger partial charge on any atom is 0.333 e. The minimum atomic E-state index is -1.30. The quantitative estimate of drug-likeness (QED) is 0.0450. The summed E-state index contributed by atoms with van der Waals surface area (Å²) in [7, 11) is 0. The number of anilines is 1. The lowest BCUT2D eigenvalue weighted by atomic mass is 10.0. The van der Waals surface area contributed by atoms with E-state index in [9.17, 15) is 39.0 Å². The van der Waals surface area contributed by atoms with Gasteiger partial charge in [-0.3, -0.25) is 19.2 Å². The molecule has 1 aromatic rings. The Morgan fingerprint density at radius 2 is 1.45 bits per heavy atom. The Labute approximate surface area is 364 Å². The van der Waals surface area contributed by atoms with E-state index in [1.54, 1.807) is 33.8 Å². The van der Waals surface area contributed by atoms with Crippen LogP contribution < -0.4 is 31.7 Å². The van der Waals surface area contributed by atoms with Crippen LogP contribution in [0.4, 0.5) is 10.5 Å². The van der Waals surface area contributed by atoms with Crippen LogP contribution in [-0.2, 0) is 59.0 Å². The molecule has 1 heterocycles. The Hall–Kier alpha value is -4.60. The van der Waals surface area contributed by atoms with E-state index in [1.165, 1.54) is 12.1 Å². The van der Waals surface area contributed by atoms with E-state index in [2.05, 4.69) is 35.1 Å². The molecular formula is C42H71N5O15. The number of carboxylic acids is 1. The van der Waals surface area contributed by atoms with Crippen molar-refractivity contribution < 1.29 is 72.1 Å². The van der Waals surface area contributed by atoms with Crippen LogP contribution in [0.15, 0.2) is 18.2 Å². The fourth-order valence-corrected chi connectivity index (χ4v) is 5.16. The van der Waals surface area contributed by atoms with Crippen molar-refractivity contribution in [2.75, 3.05) is 71.3 Å². The number of carbonyl (C=O) groups excluding carboxylic acids is 5. The predicted molar refractivity (Wildman–Crippen MR) is 227 cm³/mol. The monoisotopic (exact) mass is 885 g/mol. The molecule has 4 atom stereocenters. The largest absolute Gasteiger partial charge is 0.479 e. The lowest BCUT2D eigenvalue weighted by molar-refractivity contribution is -0.195. The van der Waals surface area contributed by atoms with E-state index < -0.39 is 66.8 Å². The Kier molecular flexibility index (Phi) is 28.7. The summed E-state index contributed by atoms with van der Waals surface area (Å²) in [5.74, 6) is -3.26. The van der Waals surface area contributed by atoms with Crippen molar-refractivity contribution in [2.45, 2.75) is 112 Å². The fourth-order valence-electron chi connectivity index (χ4n) is 5.16. The number of rotatable bonds is 29. The van der Waals surface area contributed by atoms with Crippen LogP contribution in [0.1, 0.15) is 86.1 Å². The van der Waals surface area contributed by atoms with Gasteiger partial charge in [-0.2, -0.15) is 0 Å². The van der Waals surface area contributed by atoms with Gasteiger partial charge in [-0.05, 0) is 42.4 Å². The van der Waals surface area contributed by atoms with Gasteiger partial charge in [0.25, 0.3) is 0 Å². The summed E-state index contributed by atoms with van der Waals surface area (Å²) in [4.78, 5) is 72.0. The summed E-state index contributed by atoms with van der Waals surface area (Å²) < 4.78 is 38.6. The Morgan fingerprint density at radius 1 is 0.839 bits per heavy atom. The number of carbonyl (C=O) groups is 6. The van der Waals surface area contributed by atoms with Gasteiger partial charge in [-0.15, -0.1) is 0 Å². The van der Waals surface area contributed by atoms with Gasteiger partial charge < -0.3 is 70.4 Å². The first-order chi connectivity index (χ1) is 29.4. The third kappa shape index (κ3) is 26.0. The van der Waals surface area contributed by atoms with Crippen molar-refractivity contribution >= 4 is 41.4 Å². The molecule has 0 spiro atoms. The molecule has 1 saturated heterocycles. The number of esters is 1. The van der Waals surface area contributed by atoms with E-state index in [1.807, 2.05) is 6.92 Å². The molecule has 0 bridgehead atoms. The van der Waals surface area contributed by atoms with Crippen LogP contribution in [-0.4, -0.2) is 136 Å². The number of nitrogens with two attached hydrogens (primary N) is 1. The molecule has 2 rings (SSSR count). The van der Waals surface area contributed by atoms with Gasteiger partial charge in [0.1, 0.15) is 18.4 Å². The van der Waals surface area contributed by atoms with E-state index in [0.717, 1.165) is 19.4 Å². The molecule has 5 amide bonds. The predicted octanol–water partition coefficient (Wildman–Crippen LogP) is 2.48. The van der Waals surface area contributed by atoms with Crippen molar-refractivity contribution in [2.24, 2.45) is 23.5 Å². The lowest BCUT2D eigenvalue weighted by Crippen LogP contribution is -2.51. The summed E-state index contributed by atoms with van der Waals surface area (Å²) >= 11 is 0. The molecule has 0 aliphatic carbocycles. The minimum Gasteiger partial charge on any atom is -0.479 e. The summed E-state index contributed by atoms with van der Waals surface area (Å²) in [6, 6.07) is 3.21. The molecule has 62 heavy (non-hydrogen) atoms. The zero-order chi connectivity index (χ0) is 46.5. The molecule has 0 aromatic heterocycles. The number of hydrogen-bond donors (Lipinski definition) is 7. The second-order valence-electron chi connectivity index (χ2n) is 15.5. The van der Waals surface area contributed by atoms with E-state index in [0.29, 0.717) is 51.1 Å². The zero-order valence-electron chi connectivity index (χ0n) is 37.4. The van der Waals surface area contributed by atoms with Crippen LogP contribution in [0.25, 0.3) is 0 Å². The Bertz CT molecular complexity index is 1500. The number of benzene rings is 1. The number of urea groups is 1. The SMILES string of the molecule is CC(C)CCOCCOCCOCCOCCC(=O)NC(C(=O)NCC(=O)Nc1ccc(COC(=O)C(C)C)cc1OC1CC(O)CC(C(=O)O)O1)C(C)C.CCCNC(N)=O. The number of nitrogens with one attached hydrogen (secondary N) is 4. The molecule has 0 saturated carbocycles. The van der Waals surface area contributed by atoms with Gasteiger partial charge in [0.15, 0.2) is 6.10 Å². The highest BCUT2D eigenvalue weighted by Gasteiger charge is 2.34. The summed E-state index contributed by atoms with van der Waals surface area (Å²) in [5, 5.41) is 29.9. The molecule has 4 unspecified atom stereocenters. The molecule has 20 heteroatoms. The fraction of sp³-hybridized carbons (Fsp3) is 0.714. The molecular weight excluding hydrogens is 814 g/mol. The van der Waals surface area contributed by atoms with Gasteiger partial charge in [0.05, 0.1) is 70.5 Å². The summed E-state index contributed by atoms with van der Waals surface area (Å²) in [5.41, 5.74) is 5.39. The number of aliphatic hydroxyl groups excluding tert-OH is 1. The van der Waals surface area contributed by atoms with Gasteiger partial charge in [0.2, 0.25) is 24.0 Å². The molecule has 354 valence electrons. The summed E-state index contributed by atoms with van der Waals surface area (Å²) in [6.07, 6.45) is -1.65. The number of carboxylic acid groups (broad SMARTS) is 1. The second-order valence-corrected chi connectivity index (χ2v) is 15.5. The number of amides is 5. The van der Waals surface area contributed by atoms with E-state index in [-0.39, 0.29) is 62.4 Å². The summed E-state index contributed by atoms with van der Waals surface area (Å²) in [6.45, 7) is 16.7. The number of primary amides is 1. The first-order valence-corrected chi connectivity index (χ1v) is 21.2. The van der Waals surface area contributed by atoms with Crippen LogP contribution in [0, 0.1) is 17.8 Å². The van der Waals surface area contributed by atoms with Crippen molar-refractivity contribution in [1.82, 2.24) is 16.0 Å². The van der Waals surface area contributed by atoms with Crippen molar-refractivity contribution in [1.29, 1.82) is 0 Å². The third-order valence-electron chi connectivity index (χ3n) is 8.64. The van der Waals surface area contributed by atoms with Gasteiger partial charge in [-0.1, -0.05) is 54.5 Å². The van der Waals surface area contributed by atoms with Crippen LogP contribution in [0.3, 0.4) is 0 Å². The highest BCUT2D eigenvalue weighted by molar-refractivity contribution is 5.97. The molecule has 1 aliphatic heterocycles. The van der Waals surface area contributed by atoms with E-state index >= 15 is 0 Å². The molecule has 8 N–H and O–H groups in total. The highest BCUT2D eigenvalue weighted by atomic mass is 16.7. The van der Waals surface area contributed by atoms with Crippen LogP contribution >= 0.6 is 0 Å². The topological polar surface area (TPSA) is 282 Å². The normalized spacial score (nSPS) is 16.5. The highest BCUT2D eigenvalue weighted by Crippen LogP contribution is 2.31. The molecule has 1 fully saturated rings. The van der Waals surface area contributed by atoms with Gasteiger partial charge in [-0.25, -0.2) is 9.59 Å². The maximum atomic E-state index is 13.0. The average Bonchev–Trinajstić information content (AvgIpc) is 3.20. The zero-order valence-corrected chi connectivity index (χ0v) is 37.4. The van der Waals surface area contributed by atoms with Crippen LogP contribution in [0.2, 0.25) is 0 Å². The molecule has 1 aliphatic rings. The third-order valence-corrected chi connectivity index (χ3v) is 8.64. The Balaban J connectivity index is 0.00000251. The van der Waals surface area contributed by atoms with Crippen molar-refractivity contribution in [3.05, 3.63) is 23.8 Å². The number of aliphatic hydroxyl groups is 1. The van der Waals surface area contributed by atoms with Crippen LogP contribution in [0.5, 0.6) is 5.75 Å². The van der Waals surface area contributed by atoms with Gasteiger partial charge >= 0.3 is 18.0 Å². The first kappa shape index (κ1) is 55.4. The number of ether oxygens (including phenoxy) is 7. The number of aliphatic carboxylic acids is 1. The molecule has 0 radical (unpaired) electrons. The minimum absolute atomic E-state index is 0.0152. The lowest BCUT2D eigenvalue weighted by Gasteiger charge is -2.31. The maximum absolute atomic E-state index is 13.0. The average molecular weight is 886 g/mol. The van der Waals surface area contributed by atoms with Gasteiger partial charge in [0, 0.05) is 32.4 Å². The van der Waals surface area contributed by atoms with E-state index in [4.69, 9.17) is 38.9 Å². The molecule has 1 aromatic carbocycles. The first-order valence-electron chi connectivity index (χ1n) is 21.2. The smallest absolute Gasteiger partial charge is 0.333 e. The van der Waals surface area contributed by atoms with Crippen molar-refractivity contribution in [3.63, 3.8) is 0 Å². The number of hydrogen-bond acceptors (Lipinski definition) is 14. The Morgan fingerprint density at radius 3 is 1.98 bits per heavy atom. The second kappa shape index (κ2) is 32.1. The standard InChI is InChI=1S/C38H61N3O14.C4H10N2O/c1-24(2)9-11-49-13-15-51-17-18-52-16-14-50-12-10-32(43)41-35(25(3)4)36(45)39-22-33(44)40-29-8-7-27(23-53-38(48)26(5)6)19-30(29)54-34-21-28(42)20-31(55-34)37(46)47;1-2-3-6-4(5)7/h7-8,19,24-26,28,31,34-35,42H,9-18,20-23H2,1-6H3,(H,39,45)(H,40,44)(H,41,43)(H,46,47);2-3H2,1H3,(H3,5,6,7).